The molecule has 3 aromatic heterocycles. The van der Waals surface area contributed by atoms with E-state index in [1.807, 2.05) is 29.5 Å². The largest absolute Gasteiger partial charge is 0.245 e. The van der Waals surface area contributed by atoms with Crippen molar-refractivity contribution < 1.29 is 0 Å². The lowest BCUT2D eigenvalue weighted by atomic mass is 9.98. The van der Waals surface area contributed by atoms with Gasteiger partial charge in [0.25, 0.3) is 0 Å². The fraction of sp³-hybridized carbons (Fsp3) is 0. The number of hydrogen-bond donors (Lipinski definition) is 0. The molecule has 0 bridgehead atoms. The van der Waals surface area contributed by atoms with Crippen LogP contribution in [0.25, 0.3) is 86.7 Å². The van der Waals surface area contributed by atoms with Crippen LogP contribution in [-0.4, -0.2) is 9.97 Å². The second-order valence-corrected chi connectivity index (χ2v) is 12.5. The van der Waals surface area contributed by atoms with E-state index >= 15 is 0 Å². The molecule has 0 amide bonds. The molecule has 0 aliphatic heterocycles. The molecule has 9 aromatic rings. The number of hydrogen-bond acceptors (Lipinski definition) is 3. The van der Waals surface area contributed by atoms with Crippen molar-refractivity contribution in [2.45, 2.75) is 0 Å². The van der Waals surface area contributed by atoms with E-state index in [0.29, 0.717) is 0 Å². The third kappa shape index (κ3) is 4.48. The summed E-state index contributed by atoms with van der Waals surface area (Å²) in [7, 11) is 0. The highest BCUT2D eigenvalue weighted by molar-refractivity contribution is 7.26. The maximum Gasteiger partial charge on any atom is 0.0972 e. The first-order valence-electron chi connectivity index (χ1n) is 15.2. The Balaban J connectivity index is 1.04. The van der Waals surface area contributed by atoms with Crippen molar-refractivity contribution >= 4 is 53.3 Å². The molecule has 0 unspecified atom stereocenters. The highest BCUT2D eigenvalue weighted by Gasteiger charge is 2.12. The number of nitrogens with zero attached hydrogens (tertiary/aromatic N) is 2. The topological polar surface area (TPSA) is 25.8 Å². The van der Waals surface area contributed by atoms with Gasteiger partial charge in [-0.05, 0) is 40.5 Å². The van der Waals surface area contributed by atoms with Gasteiger partial charge in [0, 0.05) is 42.1 Å². The molecule has 0 fully saturated rings. The number of aromatic nitrogens is 2. The minimum Gasteiger partial charge on any atom is -0.245 e. The number of fused-ring (bicyclic) bond motifs is 6. The maximum atomic E-state index is 5.13. The average Bonchev–Trinajstić information content (AvgIpc) is 3.51. The van der Waals surface area contributed by atoms with E-state index in [1.54, 1.807) is 0 Å². The van der Waals surface area contributed by atoms with Gasteiger partial charge in [-0.25, -0.2) is 9.97 Å². The van der Waals surface area contributed by atoms with Crippen molar-refractivity contribution in [1.29, 1.82) is 0 Å². The van der Waals surface area contributed by atoms with E-state index in [4.69, 9.17) is 9.97 Å². The molecule has 0 spiro atoms. The van der Waals surface area contributed by atoms with Gasteiger partial charge in [0.2, 0.25) is 0 Å². The van der Waals surface area contributed by atoms with Gasteiger partial charge < -0.3 is 0 Å². The standard InChI is InChI=1S/C42H26N2S/c1-2-7-30(8-3-1)37-25-23-32-21-22-33-24-26-38(44-41(33)40(32)43-37)31-19-15-28(16-20-31)27-13-17-29(18-14-27)34-10-6-11-36-35-9-4-5-12-39(35)45-42(34)36/h1-26H. The quantitative estimate of drug-likeness (QED) is 0.191. The van der Waals surface area contributed by atoms with E-state index in [9.17, 15) is 0 Å². The Morgan fingerprint density at radius 1 is 0.356 bits per heavy atom. The fourth-order valence-corrected chi connectivity index (χ4v) is 7.59. The predicted octanol–water partition coefficient (Wildman–Crippen LogP) is 11.8. The molecule has 6 aromatic carbocycles. The Labute approximate surface area is 264 Å². The third-order valence-corrected chi connectivity index (χ3v) is 9.92. The van der Waals surface area contributed by atoms with Crippen LogP contribution in [0.5, 0.6) is 0 Å². The Morgan fingerprint density at radius 2 is 0.867 bits per heavy atom. The van der Waals surface area contributed by atoms with E-state index < -0.39 is 0 Å². The summed E-state index contributed by atoms with van der Waals surface area (Å²) in [6.07, 6.45) is 0. The van der Waals surface area contributed by atoms with Crippen LogP contribution < -0.4 is 0 Å². The monoisotopic (exact) mass is 590 g/mol. The van der Waals surface area contributed by atoms with Gasteiger partial charge in [0.15, 0.2) is 0 Å². The smallest absolute Gasteiger partial charge is 0.0972 e. The van der Waals surface area contributed by atoms with E-state index in [1.165, 1.54) is 42.4 Å². The summed E-state index contributed by atoms with van der Waals surface area (Å²) in [4.78, 5) is 10.2. The molecule has 9 rings (SSSR count). The third-order valence-electron chi connectivity index (χ3n) is 8.70. The van der Waals surface area contributed by atoms with Crippen molar-refractivity contribution in [3.05, 3.63) is 158 Å². The summed E-state index contributed by atoms with van der Waals surface area (Å²) in [6.45, 7) is 0. The lowest BCUT2D eigenvalue weighted by Crippen LogP contribution is -1.91. The molecule has 0 atom stereocenters. The van der Waals surface area contributed by atoms with Gasteiger partial charge in [0.05, 0.1) is 22.4 Å². The summed E-state index contributed by atoms with van der Waals surface area (Å²) >= 11 is 1.87. The van der Waals surface area contributed by atoms with Crippen LogP contribution in [0.3, 0.4) is 0 Å². The first kappa shape index (κ1) is 25.8. The molecule has 0 N–H and O–H groups in total. The first-order valence-corrected chi connectivity index (χ1v) is 16.0. The molecular weight excluding hydrogens is 565 g/mol. The molecule has 0 aliphatic carbocycles. The number of benzene rings is 6. The van der Waals surface area contributed by atoms with Crippen molar-refractivity contribution in [2.75, 3.05) is 0 Å². The van der Waals surface area contributed by atoms with E-state index in [-0.39, 0.29) is 0 Å². The first-order chi connectivity index (χ1) is 22.3. The highest BCUT2D eigenvalue weighted by Crippen LogP contribution is 2.40. The number of rotatable bonds is 4. The molecule has 45 heavy (non-hydrogen) atoms. The number of thiophene rings is 1. The minimum absolute atomic E-state index is 0.927. The molecule has 210 valence electrons. The summed E-state index contributed by atoms with van der Waals surface area (Å²) < 4.78 is 2.68. The van der Waals surface area contributed by atoms with Crippen molar-refractivity contribution in [2.24, 2.45) is 0 Å². The van der Waals surface area contributed by atoms with E-state index in [0.717, 1.165) is 44.3 Å². The zero-order valence-corrected chi connectivity index (χ0v) is 25.1. The van der Waals surface area contributed by atoms with Crippen LogP contribution in [0, 0.1) is 0 Å². The summed E-state index contributed by atoms with van der Waals surface area (Å²) in [5.41, 5.74) is 10.9. The molecular formula is C42H26N2S. The second-order valence-electron chi connectivity index (χ2n) is 11.4. The lowest BCUT2D eigenvalue weighted by molar-refractivity contribution is 1.36. The van der Waals surface area contributed by atoms with Crippen LogP contribution in [0.1, 0.15) is 0 Å². The summed E-state index contributed by atoms with van der Waals surface area (Å²) in [5, 5.41) is 4.84. The van der Waals surface area contributed by atoms with Crippen molar-refractivity contribution in [3.63, 3.8) is 0 Å². The molecule has 0 aliphatic rings. The average molecular weight is 591 g/mol. The van der Waals surface area contributed by atoms with Crippen LogP contribution in [0.15, 0.2) is 158 Å². The molecule has 0 saturated carbocycles. The zero-order valence-electron chi connectivity index (χ0n) is 24.3. The molecule has 3 heterocycles. The Morgan fingerprint density at radius 3 is 1.53 bits per heavy atom. The van der Waals surface area contributed by atoms with Gasteiger partial charge in [-0.3, -0.25) is 0 Å². The summed E-state index contributed by atoms with van der Waals surface area (Å²) in [6, 6.07) is 56.1. The second kappa shape index (κ2) is 10.5. The van der Waals surface area contributed by atoms with Crippen LogP contribution in [0.2, 0.25) is 0 Å². The summed E-state index contributed by atoms with van der Waals surface area (Å²) in [5.74, 6) is 0. The fourth-order valence-electron chi connectivity index (χ4n) is 6.35. The van der Waals surface area contributed by atoms with Gasteiger partial charge >= 0.3 is 0 Å². The van der Waals surface area contributed by atoms with Crippen molar-refractivity contribution in [3.8, 4) is 44.8 Å². The van der Waals surface area contributed by atoms with Gasteiger partial charge in [-0.15, -0.1) is 11.3 Å². The maximum absolute atomic E-state index is 5.13. The normalized spacial score (nSPS) is 11.6. The molecule has 3 heteroatoms. The molecule has 0 radical (unpaired) electrons. The lowest BCUT2D eigenvalue weighted by Gasteiger charge is -2.09. The SMILES string of the molecule is c1ccc(-c2ccc3ccc4ccc(-c5ccc(-c6ccc(-c7cccc8c7sc7ccccc78)cc6)cc5)nc4c3n2)cc1. The van der Waals surface area contributed by atoms with Gasteiger partial charge in [-0.1, -0.05) is 140 Å². The van der Waals surface area contributed by atoms with Gasteiger partial charge in [0.1, 0.15) is 0 Å². The predicted molar refractivity (Wildman–Crippen MR) is 192 cm³/mol. The molecule has 2 nitrogen and oxygen atoms in total. The Bertz CT molecular complexity index is 2510. The van der Waals surface area contributed by atoms with Crippen molar-refractivity contribution in [1.82, 2.24) is 9.97 Å². The van der Waals surface area contributed by atoms with Gasteiger partial charge in [-0.2, -0.15) is 0 Å². The van der Waals surface area contributed by atoms with Crippen LogP contribution in [-0.2, 0) is 0 Å². The van der Waals surface area contributed by atoms with Crippen LogP contribution in [0.4, 0.5) is 0 Å². The minimum atomic E-state index is 0.927. The highest BCUT2D eigenvalue weighted by atomic mass is 32.1. The zero-order chi connectivity index (χ0) is 29.7. The Hall–Kier alpha value is -5.64. The van der Waals surface area contributed by atoms with Crippen LogP contribution >= 0.6 is 11.3 Å². The Kier molecular flexibility index (Phi) is 6.03. The van der Waals surface area contributed by atoms with E-state index in [2.05, 4.69) is 140 Å². The number of pyridine rings is 2. The molecule has 0 saturated heterocycles.